The molecule has 0 bridgehead atoms. The van der Waals surface area contributed by atoms with Crippen molar-refractivity contribution in [2.75, 3.05) is 0 Å². The minimum absolute atomic E-state index is 1.01. The summed E-state index contributed by atoms with van der Waals surface area (Å²) in [5, 5.41) is 2.33. The van der Waals surface area contributed by atoms with Crippen LogP contribution in [0.5, 0.6) is 0 Å². The van der Waals surface area contributed by atoms with Gasteiger partial charge in [-0.3, -0.25) is 0 Å². The Hall–Kier alpha value is -1.05. The SMILES string of the molecule is Cc1nc2c([nH]1)=CCCC=2. The third kappa shape index (κ3) is 0.764. The second-order valence-electron chi connectivity index (χ2n) is 2.61. The van der Waals surface area contributed by atoms with E-state index in [9.17, 15) is 0 Å². The van der Waals surface area contributed by atoms with E-state index in [-0.39, 0.29) is 0 Å². The van der Waals surface area contributed by atoms with Gasteiger partial charge in [-0.05, 0) is 19.8 Å². The Kier molecular flexibility index (Phi) is 1.13. The van der Waals surface area contributed by atoms with Crippen molar-refractivity contribution in [1.82, 2.24) is 9.97 Å². The Morgan fingerprint density at radius 2 is 2.20 bits per heavy atom. The highest BCUT2D eigenvalue weighted by Gasteiger charge is 1.95. The molecule has 0 unspecified atom stereocenters. The van der Waals surface area contributed by atoms with Gasteiger partial charge in [0.2, 0.25) is 0 Å². The number of fused-ring (bicyclic) bond motifs is 1. The first-order chi connectivity index (χ1) is 4.86. The van der Waals surface area contributed by atoms with Crippen LogP contribution in [-0.4, -0.2) is 9.97 Å². The van der Waals surface area contributed by atoms with Crippen molar-refractivity contribution < 1.29 is 0 Å². The molecule has 2 rings (SSSR count). The zero-order chi connectivity index (χ0) is 6.97. The number of H-pyrrole nitrogens is 1. The summed E-state index contributed by atoms with van der Waals surface area (Å²) in [4.78, 5) is 7.51. The van der Waals surface area contributed by atoms with Gasteiger partial charge in [0, 0.05) is 0 Å². The second-order valence-corrected chi connectivity index (χ2v) is 2.61. The summed E-state index contributed by atoms with van der Waals surface area (Å²) in [7, 11) is 0. The van der Waals surface area contributed by atoms with Gasteiger partial charge in [0.15, 0.2) is 0 Å². The number of aromatic amines is 1. The van der Waals surface area contributed by atoms with E-state index >= 15 is 0 Å². The zero-order valence-electron chi connectivity index (χ0n) is 6.02. The van der Waals surface area contributed by atoms with Gasteiger partial charge in [0.25, 0.3) is 0 Å². The van der Waals surface area contributed by atoms with Crippen LogP contribution in [-0.2, 0) is 0 Å². The molecular weight excluding hydrogens is 124 g/mol. The largest absolute Gasteiger partial charge is 0.342 e. The molecule has 0 saturated heterocycles. The Bertz CT molecular complexity index is 312. The molecule has 1 aliphatic carbocycles. The smallest absolute Gasteiger partial charge is 0.104 e. The fourth-order valence-electron chi connectivity index (χ4n) is 1.29. The average Bonchev–Trinajstić information content (AvgIpc) is 2.27. The monoisotopic (exact) mass is 134 g/mol. The van der Waals surface area contributed by atoms with Gasteiger partial charge in [0.05, 0.1) is 10.7 Å². The molecule has 0 aromatic carbocycles. The van der Waals surface area contributed by atoms with Crippen LogP contribution >= 0.6 is 0 Å². The van der Waals surface area contributed by atoms with Gasteiger partial charge in [-0.15, -0.1) is 0 Å². The fourth-order valence-corrected chi connectivity index (χ4v) is 1.29. The molecule has 0 radical (unpaired) electrons. The van der Waals surface area contributed by atoms with Crippen LogP contribution in [0.25, 0.3) is 12.2 Å². The first-order valence-corrected chi connectivity index (χ1v) is 3.59. The number of aromatic nitrogens is 2. The summed E-state index contributed by atoms with van der Waals surface area (Å²) in [6, 6.07) is 0. The van der Waals surface area contributed by atoms with Crippen molar-refractivity contribution >= 4 is 12.2 Å². The summed E-state index contributed by atoms with van der Waals surface area (Å²) in [5.41, 5.74) is 0. The molecule has 10 heavy (non-hydrogen) atoms. The van der Waals surface area contributed by atoms with E-state index in [0.29, 0.717) is 0 Å². The van der Waals surface area contributed by atoms with Gasteiger partial charge in [0.1, 0.15) is 5.82 Å². The van der Waals surface area contributed by atoms with Crippen molar-refractivity contribution in [2.24, 2.45) is 0 Å². The quantitative estimate of drug-likeness (QED) is 0.534. The molecule has 0 saturated carbocycles. The predicted molar refractivity (Wildman–Crippen MR) is 40.7 cm³/mol. The third-order valence-corrected chi connectivity index (χ3v) is 1.73. The molecule has 1 aromatic heterocycles. The van der Waals surface area contributed by atoms with Gasteiger partial charge in [-0.1, -0.05) is 12.2 Å². The van der Waals surface area contributed by atoms with Gasteiger partial charge in [-0.25, -0.2) is 4.98 Å². The molecule has 1 aromatic rings. The third-order valence-electron chi connectivity index (χ3n) is 1.73. The first-order valence-electron chi connectivity index (χ1n) is 3.59. The Morgan fingerprint density at radius 1 is 1.40 bits per heavy atom. The van der Waals surface area contributed by atoms with Crippen LogP contribution in [0.15, 0.2) is 0 Å². The lowest BCUT2D eigenvalue weighted by Crippen LogP contribution is -2.26. The Balaban J connectivity index is 2.83. The van der Waals surface area contributed by atoms with Crippen molar-refractivity contribution in [3.8, 4) is 0 Å². The van der Waals surface area contributed by atoms with E-state index in [1.54, 1.807) is 0 Å². The van der Waals surface area contributed by atoms with Gasteiger partial charge >= 0.3 is 0 Å². The maximum Gasteiger partial charge on any atom is 0.104 e. The minimum atomic E-state index is 1.01. The number of imidazole rings is 1. The fraction of sp³-hybridized carbons (Fsp3) is 0.375. The highest BCUT2D eigenvalue weighted by molar-refractivity contribution is 5.33. The molecule has 0 aliphatic heterocycles. The second kappa shape index (κ2) is 1.97. The molecule has 0 spiro atoms. The number of rotatable bonds is 0. The van der Waals surface area contributed by atoms with Crippen molar-refractivity contribution in [3.63, 3.8) is 0 Å². The summed E-state index contributed by atoms with van der Waals surface area (Å²) in [5.74, 6) is 1.01. The highest BCUT2D eigenvalue weighted by Crippen LogP contribution is 1.93. The van der Waals surface area contributed by atoms with E-state index in [2.05, 4.69) is 22.1 Å². The maximum absolute atomic E-state index is 4.31. The summed E-state index contributed by atoms with van der Waals surface area (Å²) >= 11 is 0. The van der Waals surface area contributed by atoms with E-state index in [1.807, 2.05) is 6.92 Å². The lowest BCUT2D eigenvalue weighted by Gasteiger charge is -1.89. The average molecular weight is 134 g/mol. The van der Waals surface area contributed by atoms with E-state index in [4.69, 9.17) is 0 Å². The lowest BCUT2D eigenvalue weighted by atomic mass is 10.2. The molecule has 52 valence electrons. The first kappa shape index (κ1) is 5.71. The predicted octanol–water partition coefficient (Wildman–Crippen LogP) is 0.0729. The molecule has 0 amide bonds. The van der Waals surface area contributed by atoms with E-state index in [1.165, 1.54) is 5.35 Å². The number of hydrogen-bond acceptors (Lipinski definition) is 1. The number of aryl methyl sites for hydroxylation is 1. The Labute approximate surface area is 59.3 Å². The van der Waals surface area contributed by atoms with E-state index in [0.717, 1.165) is 24.0 Å². The molecule has 2 nitrogen and oxygen atoms in total. The van der Waals surface area contributed by atoms with Crippen molar-refractivity contribution in [3.05, 3.63) is 16.5 Å². The van der Waals surface area contributed by atoms with Crippen LogP contribution in [0.1, 0.15) is 18.7 Å². The van der Waals surface area contributed by atoms with Crippen LogP contribution in [0, 0.1) is 6.92 Å². The number of nitrogens with one attached hydrogen (secondary N) is 1. The molecule has 1 heterocycles. The van der Waals surface area contributed by atoms with Crippen LogP contribution in [0.4, 0.5) is 0 Å². The number of nitrogens with zero attached hydrogens (tertiary/aromatic N) is 1. The summed E-state index contributed by atoms with van der Waals surface area (Å²) < 4.78 is 0. The number of hydrogen-bond donors (Lipinski definition) is 1. The normalized spacial score (nSPS) is 15.3. The van der Waals surface area contributed by atoms with Crippen molar-refractivity contribution in [2.45, 2.75) is 19.8 Å². The maximum atomic E-state index is 4.31. The van der Waals surface area contributed by atoms with Crippen LogP contribution in [0.2, 0.25) is 0 Å². The van der Waals surface area contributed by atoms with Crippen LogP contribution in [0.3, 0.4) is 0 Å². The molecule has 1 N–H and O–H groups in total. The molecule has 0 atom stereocenters. The van der Waals surface area contributed by atoms with Gasteiger partial charge in [-0.2, -0.15) is 0 Å². The zero-order valence-corrected chi connectivity index (χ0v) is 6.02. The highest BCUT2D eigenvalue weighted by atomic mass is 14.9. The standard InChI is InChI=1S/C8H10N2/c1-6-9-7-4-2-3-5-8(7)10-6/h4-5H,2-3H2,1H3,(H,9,10). The summed E-state index contributed by atoms with van der Waals surface area (Å²) in [6.45, 7) is 1.99. The minimum Gasteiger partial charge on any atom is -0.342 e. The molecule has 0 fully saturated rings. The molecule has 1 aliphatic rings. The Morgan fingerprint density at radius 3 is 3.00 bits per heavy atom. The van der Waals surface area contributed by atoms with E-state index < -0.39 is 0 Å². The lowest BCUT2D eigenvalue weighted by molar-refractivity contribution is 1.09. The van der Waals surface area contributed by atoms with Crippen molar-refractivity contribution in [1.29, 1.82) is 0 Å². The summed E-state index contributed by atoms with van der Waals surface area (Å²) in [6.07, 6.45) is 6.67. The molecule has 2 heteroatoms. The van der Waals surface area contributed by atoms with Gasteiger partial charge < -0.3 is 4.98 Å². The van der Waals surface area contributed by atoms with Crippen LogP contribution < -0.4 is 10.7 Å². The topological polar surface area (TPSA) is 28.7 Å². The molecular formula is C8H10N2.